The summed E-state index contributed by atoms with van der Waals surface area (Å²) in [6.45, 7) is 4.58. The van der Waals surface area contributed by atoms with Crippen molar-refractivity contribution in [1.82, 2.24) is 4.90 Å². The van der Waals surface area contributed by atoms with Gasteiger partial charge in [0.2, 0.25) is 0 Å². The summed E-state index contributed by atoms with van der Waals surface area (Å²) in [4.78, 5) is 2.42. The Hall–Kier alpha value is -0.890. The molecule has 1 aliphatic heterocycles. The highest BCUT2D eigenvalue weighted by Crippen LogP contribution is 2.46. The lowest BCUT2D eigenvalue weighted by molar-refractivity contribution is 0.173. The van der Waals surface area contributed by atoms with Gasteiger partial charge < -0.3 is 0 Å². The molecule has 2 heteroatoms. The lowest BCUT2D eigenvalue weighted by Gasteiger charge is -2.30. The first kappa shape index (κ1) is 16.0. The normalized spacial score (nSPS) is 32.2. The Kier molecular flexibility index (Phi) is 4.87. The maximum atomic E-state index is 14.4. The van der Waals surface area contributed by atoms with Crippen LogP contribution in [0.3, 0.4) is 0 Å². The molecular formula is C20H30FN. The number of hydrogen-bond donors (Lipinski definition) is 0. The van der Waals surface area contributed by atoms with Crippen LogP contribution in [0.25, 0.3) is 0 Å². The van der Waals surface area contributed by atoms with Gasteiger partial charge in [-0.15, -0.1) is 0 Å². The van der Waals surface area contributed by atoms with Crippen molar-refractivity contribution < 1.29 is 4.39 Å². The van der Waals surface area contributed by atoms with E-state index in [2.05, 4.69) is 31.9 Å². The topological polar surface area (TPSA) is 3.24 Å². The first-order valence-corrected chi connectivity index (χ1v) is 9.12. The van der Waals surface area contributed by atoms with Crippen LogP contribution in [0.4, 0.5) is 4.39 Å². The number of benzene rings is 1. The number of rotatable bonds is 4. The molecule has 0 amide bonds. The Morgan fingerprint density at radius 1 is 1.09 bits per heavy atom. The molecule has 1 aromatic rings. The summed E-state index contributed by atoms with van der Waals surface area (Å²) in [7, 11) is 2.18. The molecule has 2 atom stereocenters. The predicted molar refractivity (Wildman–Crippen MR) is 90.3 cm³/mol. The van der Waals surface area contributed by atoms with Crippen LogP contribution in [0.15, 0.2) is 18.2 Å². The molecule has 22 heavy (non-hydrogen) atoms. The van der Waals surface area contributed by atoms with Crippen LogP contribution in [0.5, 0.6) is 0 Å². The molecule has 1 aliphatic carbocycles. The van der Waals surface area contributed by atoms with Gasteiger partial charge in [0.05, 0.1) is 0 Å². The molecule has 0 N–H and O–H groups in total. The van der Waals surface area contributed by atoms with Gasteiger partial charge in [-0.3, -0.25) is 4.90 Å². The maximum Gasteiger partial charge on any atom is 0.128 e. The van der Waals surface area contributed by atoms with Gasteiger partial charge in [-0.25, -0.2) is 4.39 Å². The fourth-order valence-corrected chi connectivity index (χ4v) is 4.70. The molecule has 0 bridgehead atoms. The van der Waals surface area contributed by atoms with E-state index in [4.69, 9.17) is 0 Å². The summed E-state index contributed by atoms with van der Waals surface area (Å²) >= 11 is 0. The quantitative estimate of drug-likeness (QED) is 0.672. The molecule has 1 fully saturated rings. The van der Waals surface area contributed by atoms with E-state index in [-0.39, 0.29) is 11.9 Å². The Balaban J connectivity index is 1.71. The highest BCUT2D eigenvalue weighted by molar-refractivity contribution is 5.38. The zero-order valence-electron chi connectivity index (χ0n) is 14.3. The van der Waals surface area contributed by atoms with Crippen molar-refractivity contribution in [1.29, 1.82) is 0 Å². The SMILES string of the molecule is CCC1c2cccc(F)c2C(CCC2CCC(C)CC2)N1C. The van der Waals surface area contributed by atoms with Gasteiger partial charge in [0.15, 0.2) is 0 Å². The van der Waals surface area contributed by atoms with E-state index < -0.39 is 0 Å². The molecule has 0 spiro atoms. The van der Waals surface area contributed by atoms with Gasteiger partial charge in [-0.1, -0.05) is 51.7 Å². The van der Waals surface area contributed by atoms with Crippen molar-refractivity contribution in [2.24, 2.45) is 11.8 Å². The fourth-order valence-electron chi connectivity index (χ4n) is 4.70. The largest absolute Gasteiger partial charge is 0.292 e. The molecule has 0 aromatic heterocycles. The van der Waals surface area contributed by atoms with E-state index in [1.165, 1.54) is 37.7 Å². The molecule has 0 saturated heterocycles. The van der Waals surface area contributed by atoms with E-state index in [1.807, 2.05) is 6.07 Å². The van der Waals surface area contributed by atoms with E-state index in [0.29, 0.717) is 6.04 Å². The Morgan fingerprint density at radius 2 is 1.82 bits per heavy atom. The number of halogens is 1. The summed E-state index contributed by atoms with van der Waals surface area (Å²) in [6.07, 6.45) is 8.94. The third-order valence-corrected chi connectivity index (χ3v) is 6.13. The molecule has 1 nitrogen and oxygen atoms in total. The van der Waals surface area contributed by atoms with Crippen molar-refractivity contribution >= 4 is 0 Å². The Labute approximate surface area is 134 Å². The molecule has 0 radical (unpaired) electrons. The van der Waals surface area contributed by atoms with Crippen LogP contribution in [0, 0.1) is 17.7 Å². The summed E-state index contributed by atoms with van der Waals surface area (Å²) in [5.41, 5.74) is 2.22. The van der Waals surface area contributed by atoms with E-state index in [9.17, 15) is 4.39 Å². The highest BCUT2D eigenvalue weighted by Gasteiger charge is 2.37. The molecule has 2 aliphatic rings. The second kappa shape index (κ2) is 6.70. The van der Waals surface area contributed by atoms with Gasteiger partial charge in [-0.2, -0.15) is 0 Å². The van der Waals surface area contributed by atoms with Crippen molar-refractivity contribution in [3.8, 4) is 0 Å². The second-order valence-corrected chi connectivity index (χ2v) is 7.55. The van der Waals surface area contributed by atoms with Gasteiger partial charge >= 0.3 is 0 Å². The molecule has 1 saturated carbocycles. The van der Waals surface area contributed by atoms with E-state index in [1.54, 1.807) is 6.07 Å². The summed E-state index contributed by atoms with van der Waals surface area (Å²) in [5, 5.41) is 0. The smallest absolute Gasteiger partial charge is 0.128 e. The summed E-state index contributed by atoms with van der Waals surface area (Å²) < 4.78 is 14.4. The number of fused-ring (bicyclic) bond motifs is 1. The minimum Gasteiger partial charge on any atom is -0.292 e. The molecular weight excluding hydrogens is 273 g/mol. The predicted octanol–water partition coefficient (Wildman–Crippen LogP) is 5.87. The molecule has 122 valence electrons. The first-order valence-electron chi connectivity index (χ1n) is 9.12. The summed E-state index contributed by atoms with van der Waals surface area (Å²) in [6, 6.07) is 6.31. The lowest BCUT2D eigenvalue weighted by Crippen LogP contribution is -2.22. The second-order valence-electron chi connectivity index (χ2n) is 7.55. The number of nitrogens with zero attached hydrogens (tertiary/aromatic N) is 1. The average Bonchev–Trinajstić information content (AvgIpc) is 2.79. The van der Waals surface area contributed by atoms with Crippen LogP contribution >= 0.6 is 0 Å². The Bertz CT molecular complexity index is 504. The van der Waals surface area contributed by atoms with E-state index >= 15 is 0 Å². The fraction of sp³-hybridized carbons (Fsp3) is 0.700. The minimum atomic E-state index is 0.00238. The monoisotopic (exact) mass is 303 g/mol. The summed E-state index contributed by atoms with van der Waals surface area (Å²) in [5.74, 6) is 1.77. The maximum absolute atomic E-state index is 14.4. The van der Waals surface area contributed by atoms with Crippen molar-refractivity contribution in [3.05, 3.63) is 35.1 Å². The van der Waals surface area contributed by atoms with Gasteiger partial charge in [0, 0.05) is 17.6 Å². The van der Waals surface area contributed by atoms with Crippen LogP contribution in [-0.2, 0) is 0 Å². The van der Waals surface area contributed by atoms with Crippen LogP contribution in [-0.4, -0.2) is 11.9 Å². The van der Waals surface area contributed by atoms with Crippen LogP contribution in [0.2, 0.25) is 0 Å². The molecule has 3 rings (SSSR count). The lowest BCUT2D eigenvalue weighted by atomic mass is 9.80. The van der Waals surface area contributed by atoms with Gasteiger partial charge in [-0.05, 0) is 49.8 Å². The zero-order valence-corrected chi connectivity index (χ0v) is 14.3. The molecule has 2 unspecified atom stereocenters. The van der Waals surface area contributed by atoms with Gasteiger partial charge in [0.25, 0.3) is 0 Å². The number of hydrogen-bond acceptors (Lipinski definition) is 1. The average molecular weight is 303 g/mol. The Morgan fingerprint density at radius 3 is 2.50 bits per heavy atom. The third kappa shape index (κ3) is 2.95. The van der Waals surface area contributed by atoms with Crippen LogP contribution in [0.1, 0.15) is 82.0 Å². The minimum absolute atomic E-state index is 0.00238. The zero-order chi connectivity index (χ0) is 15.7. The van der Waals surface area contributed by atoms with E-state index in [0.717, 1.165) is 30.2 Å². The van der Waals surface area contributed by atoms with Crippen LogP contribution < -0.4 is 0 Å². The van der Waals surface area contributed by atoms with Crippen molar-refractivity contribution in [3.63, 3.8) is 0 Å². The standard InChI is InChI=1S/C20H30FN/c1-4-18-16-6-5-7-17(21)20(16)19(22(18)3)13-12-15-10-8-14(2)9-11-15/h5-7,14-15,18-19H,4,8-13H2,1-3H3. The van der Waals surface area contributed by atoms with Gasteiger partial charge in [0.1, 0.15) is 5.82 Å². The van der Waals surface area contributed by atoms with Crippen molar-refractivity contribution in [2.75, 3.05) is 7.05 Å². The molecule has 1 heterocycles. The molecule has 1 aromatic carbocycles. The van der Waals surface area contributed by atoms with Crippen molar-refractivity contribution in [2.45, 2.75) is 70.9 Å². The highest BCUT2D eigenvalue weighted by atomic mass is 19.1. The third-order valence-electron chi connectivity index (χ3n) is 6.13. The first-order chi connectivity index (χ1) is 10.6.